The molecule has 0 radical (unpaired) electrons. The summed E-state index contributed by atoms with van der Waals surface area (Å²) in [4.78, 5) is 40.1. The molecule has 0 spiro atoms. The van der Waals surface area contributed by atoms with Crippen molar-refractivity contribution in [3.63, 3.8) is 0 Å². The van der Waals surface area contributed by atoms with Crippen molar-refractivity contribution in [2.45, 2.75) is 76.5 Å². The first-order chi connectivity index (χ1) is 12.5. The van der Waals surface area contributed by atoms with Crippen molar-refractivity contribution in [1.29, 1.82) is 0 Å². The van der Waals surface area contributed by atoms with Crippen LogP contribution in [-0.4, -0.2) is 72.0 Å². The lowest BCUT2D eigenvalue weighted by molar-refractivity contribution is -0.138. The lowest BCUT2D eigenvalue weighted by Crippen LogP contribution is -2.49. The number of hydrogen-bond donors (Lipinski definition) is 1. The molecule has 1 N–H and O–H groups in total. The molecule has 3 amide bonds. The van der Waals surface area contributed by atoms with Gasteiger partial charge < -0.3 is 19.9 Å². The third-order valence-electron chi connectivity index (χ3n) is 5.65. The minimum Gasteiger partial charge on any atom is -0.376 e. The number of likely N-dealkylation sites (tertiary alicyclic amines) is 1. The summed E-state index contributed by atoms with van der Waals surface area (Å²) in [6, 6.07) is 0.548. The van der Waals surface area contributed by atoms with Crippen molar-refractivity contribution >= 4 is 17.7 Å². The first-order valence-corrected chi connectivity index (χ1v) is 9.99. The standard InChI is InChI=1S/C19H31N3O4/c1-14(23)21-10-8-16(9-11-21)22(15-4-5-15)19(25)7-6-18(24)20-13-17-3-2-12-26-17/h15-17H,2-13H2,1H3,(H,20,24). The molecule has 1 aliphatic carbocycles. The normalized spacial score (nSPS) is 23.7. The topological polar surface area (TPSA) is 79.0 Å². The smallest absolute Gasteiger partial charge is 0.223 e. The Labute approximate surface area is 155 Å². The maximum absolute atomic E-state index is 12.7. The zero-order valence-electron chi connectivity index (χ0n) is 15.7. The Balaban J connectivity index is 1.42. The van der Waals surface area contributed by atoms with Crippen LogP contribution in [0, 0.1) is 0 Å². The van der Waals surface area contributed by atoms with Crippen molar-refractivity contribution in [3.05, 3.63) is 0 Å². The molecule has 0 bridgehead atoms. The molecule has 3 fully saturated rings. The number of nitrogens with one attached hydrogen (secondary N) is 1. The van der Waals surface area contributed by atoms with Gasteiger partial charge in [-0.2, -0.15) is 0 Å². The lowest BCUT2D eigenvalue weighted by atomic mass is 10.0. The lowest BCUT2D eigenvalue weighted by Gasteiger charge is -2.38. The first kappa shape index (κ1) is 19.1. The number of nitrogens with zero attached hydrogens (tertiary/aromatic N) is 2. The monoisotopic (exact) mass is 365 g/mol. The van der Waals surface area contributed by atoms with Gasteiger partial charge in [0.15, 0.2) is 0 Å². The van der Waals surface area contributed by atoms with Crippen LogP contribution in [-0.2, 0) is 19.1 Å². The molecular formula is C19H31N3O4. The molecule has 0 aromatic carbocycles. The number of carbonyl (C=O) groups excluding carboxylic acids is 3. The van der Waals surface area contributed by atoms with Crippen LogP contribution in [0.25, 0.3) is 0 Å². The quantitative estimate of drug-likeness (QED) is 0.732. The summed E-state index contributed by atoms with van der Waals surface area (Å²) >= 11 is 0. The van der Waals surface area contributed by atoms with Crippen LogP contribution in [0.1, 0.15) is 58.3 Å². The van der Waals surface area contributed by atoms with E-state index in [1.54, 1.807) is 6.92 Å². The number of hydrogen-bond acceptors (Lipinski definition) is 4. The molecule has 0 aromatic heterocycles. The van der Waals surface area contributed by atoms with Crippen molar-refractivity contribution in [3.8, 4) is 0 Å². The first-order valence-electron chi connectivity index (χ1n) is 9.99. The zero-order valence-corrected chi connectivity index (χ0v) is 15.7. The van der Waals surface area contributed by atoms with Gasteiger partial charge >= 0.3 is 0 Å². The van der Waals surface area contributed by atoms with Crippen LogP contribution in [0.3, 0.4) is 0 Å². The van der Waals surface area contributed by atoms with E-state index in [0.717, 1.165) is 58.2 Å². The second-order valence-electron chi connectivity index (χ2n) is 7.71. The van der Waals surface area contributed by atoms with Crippen LogP contribution < -0.4 is 5.32 Å². The van der Waals surface area contributed by atoms with E-state index in [4.69, 9.17) is 4.74 Å². The largest absolute Gasteiger partial charge is 0.376 e. The van der Waals surface area contributed by atoms with Gasteiger partial charge in [0.05, 0.1) is 6.10 Å². The van der Waals surface area contributed by atoms with Crippen LogP contribution in [0.5, 0.6) is 0 Å². The summed E-state index contributed by atoms with van der Waals surface area (Å²) in [5.74, 6) is 0.118. The third-order valence-corrected chi connectivity index (χ3v) is 5.65. The number of carbonyl (C=O) groups is 3. The number of amides is 3. The van der Waals surface area contributed by atoms with E-state index >= 15 is 0 Å². The van der Waals surface area contributed by atoms with Gasteiger partial charge in [-0.25, -0.2) is 0 Å². The molecule has 26 heavy (non-hydrogen) atoms. The average Bonchev–Trinajstić information content (AvgIpc) is 3.32. The van der Waals surface area contributed by atoms with Gasteiger partial charge in [0.2, 0.25) is 17.7 Å². The Bertz CT molecular complexity index is 521. The van der Waals surface area contributed by atoms with Crippen LogP contribution in [0.2, 0.25) is 0 Å². The Morgan fingerprint density at radius 1 is 1.04 bits per heavy atom. The predicted octanol–water partition coefficient (Wildman–Crippen LogP) is 1.06. The summed E-state index contributed by atoms with van der Waals surface area (Å²) in [5.41, 5.74) is 0. The van der Waals surface area contributed by atoms with Crippen LogP contribution in [0.4, 0.5) is 0 Å². The van der Waals surface area contributed by atoms with E-state index in [1.165, 1.54) is 0 Å². The second-order valence-corrected chi connectivity index (χ2v) is 7.71. The molecule has 3 rings (SSSR count). The molecule has 0 aromatic rings. The maximum Gasteiger partial charge on any atom is 0.223 e. The number of rotatable bonds is 7. The van der Waals surface area contributed by atoms with E-state index in [0.29, 0.717) is 12.6 Å². The molecule has 2 saturated heterocycles. The fourth-order valence-electron chi connectivity index (χ4n) is 3.99. The molecule has 2 heterocycles. The molecule has 3 aliphatic rings. The number of piperidine rings is 1. The van der Waals surface area contributed by atoms with Gasteiger partial charge in [-0.1, -0.05) is 0 Å². The Kier molecular flexibility index (Phi) is 6.51. The number of ether oxygens (including phenoxy) is 1. The van der Waals surface area contributed by atoms with E-state index < -0.39 is 0 Å². The third kappa shape index (κ3) is 5.19. The second kappa shape index (κ2) is 8.84. The highest BCUT2D eigenvalue weighted by Gasteiger charge is 2.38. The Morgan fingerprint density at radius 2 is 1.73 bits per heavy atom. The summed E-state index contributed by atoms with van der Waals surface area (Å²) in [5, 5.41) is 2.88. The van der Waals surface area contributed by atoms with E-state index in [2.05, 4.69) is 5.32 Å². The van der Waals surface area contributed by atoms with Crippen LogP contribution >= 0.6 is 0 Å². The van der Waals surface area contributed by atoms with Gasteiger partial charge in [-0.15, -0.1) is 0 Å². The molecule has 7 heteroatoms. The van der Waals surface area contributed by atoms with Gasteiger partial charge in [-0.05, 0) is 38.5 Å². The molecular weight excluding hydrogens is 334 g/mol. The minimum atomic E-state index is -0.0732. The highest BCUT2D eigenvalue weighted by molar-refractivity contribution is 5.84. The Morgan fingerprint density at radius 3 is 2.31 bits per heavy atom. The highest BCUT2D eigenvalue weighted by atomic mass is 16.5. The van der Waals surface area contributed by atoms with Gasteiger partial charge in [0.25, 0.3) is 0 Å². The molecule has 1 unspecified atom stereocenters. The molecule has 7 nitrogen and oxygen atoms in total. The minimum absolute atomic E-state index is 0.0732. The fourth-order valence-corrected chi connectivity index (χ4v) is 3.99. The summed E-state index contributed by atoms with van der Waals surface area (Å²) in [6.07, 6.45) is 6.48. The van der Waals surface area contributed by atoms with E-state index in [9.17, 15) is 14.4 Å². The maximum atomic E-state index is 12.7. The molecule has 146 valence electrons. The zero-order chi connectivity index (χ0) is 18.5. The molecule has 2 aliphatic heterocycles. The summed E-state index contributed by atoms with van der Waals surface area (Å²) in [6.45, 7) is 4.36. The summed E-state index contributed by atoms with van der Waals surface area (Å²) in [7, 11) is 0. The van der Waals surface area contributed by atoms with E-state index in [1.807, 2.05) is 9.80 Å². The van der Waals surface area contributed by atoms with Crippen molar-refractivity contribution < 1.29 is 19.1 Å². The Hall–Kier alpha value is -1.63. The van der Waals surface area contributed by atoms with Crippen molar-refractivity contribution in [1.82, 2.24) is 15.1 Å². The molecule has 1 atom stereocenters. The van der Waals surface area contributed by atoms with Crippen molar-refractivity contribution in [2.24, 2.45) is 0 Å². The van der Waals surface area contributed by atoms with Crippen LogP contribution in [0.15, 0.2) is 0 Å². The molecule has 1 saturated carbocycles. The van der Waals surface area contributed by atoms with Gasteiger partial charge in [-0.3, -0.25) is 14.4 Å². The highest BCUT2D eigenvalue weighted by Crippen LogP contribution is 2.32. The van der Waals surface area contributed by atoms with Crippen molar-refractivity contribution in [2.75, 3.05) is 26.2 Å². The predicted molar refractivity (Wildman–Crippen MR) is 96.4 cm³/mol. The van der Waals surface area contributed by atoms with E-state index in [-0.39, 0.29) is 42.7 Å². The van der Waals surface area contributed by atoms with Gasteiger partial charge in [0, 0.05) is 58.1 Å². The SMILES string of the molecule is CC(=O)N1CCC(N(C(=O)CCC(=O)NCC2CCCO2)C2CC2)CC1. The summed E-state index contributed by atoms with van der Waals surface area (Å²) < 4.78 is 5.49. The average molecular weight is 365 g/mol. The van der Waals surface area contributed by atoms with Gasteiger partial charge in [0.1, 0.15) is 0 Å². The fraction of sp³-hybridized carbons (Fsp3) is 0.842.